The van der Waals surface area contributed by atoms with Crippen LogP contribution in [0.5, 0.6) is 5.75 Å². The predicted octanol–water partition coefficient (Wildman–Crippen LogP) is 3.10. The zero-order chi connectivity index (χ0) is 12.8. The largest absolute Gasteiger partial charge is 0.494 e. The zero-order valence-electron chi connectivity index (χ0n) is 10.6. The highest BCUT2D eigenvalue weighted by molar-refractivity contribution is 7.09. The first-order chi connectivity index (χ1) is 8.83. The Kier molecular flexibility index (Phi) is 4.73. The van der Waals surface area contributed by atoms with E-state index >= 15 is 0 Å². The molecule has 18 heavy (non-hydrogen) atoms. The molecule has 0 unspecified atom stereocenters. The van der Waals surface area contributed by atoms with Gasteiger partial charge in [-0.05, 0) is 37.2 Å². The lowest BCUT2D eigenvalue weighted by molar-refractivity contribution is 0.317. The summed E-state index contributed by atoms with van der Waals surface area (Å²) in [7, 11) is 0. The summed E-state index contributed by atoms with van der Waals surface area (Å²) in [5, 5.41) is 3.17. The van der Waals surface area contributed by atoms with E-state index in [1.54, 1.807) is 11.3 Å². The van der Waals surface area contributed by atoms with Gasteiger partial charge in [-0.25, -0.2) is 4.98 Å². The summed E-state index contributed by atoms with van der Waals surface area (Å²) in [4.78, 5) is 4.56. The van der Waals surface area contributed by atoms with E-state index in [0.717, 1.165) is 41.5 Å². The molecule has 0 aliphatic carbocycles. The number of nitrogens with two attached hydrogens (primary N) is 1. The van der Waals surface area contributed by atoms with E-state index in [2.05, 4.69) is 17.3 Å². The molecule has 0 atom stereocenters. The minimum absolute atomic E-state index is 0.650. The van der Waals surface area contributed by atoms with Crippen LogP contribution in [0.15, 0.2) is 29.6 Å². The first-order valence-corrected chi connectivity index (χ1v) is 7.09. The van der Waals surface area contributed by atoms with Gasteiger partial charge in [-0.3, -0.25) is 0 Å². The molecular formula is C14H18N2OS. The van der Waals surface area contributed by atoms with E-state index < -0.39 is 0 Å². The molecule has 2 N–H and O–H groups in total. The number of ether oxygens (including phenoxy) is 1. The fourth-order valence-corrected chi connectivity index (χ4v) is 2.45. The van der Waals surface area contributed by atoms with Crippen LogP contribution in [0.25, 0.3) is 11.3 Å². The molecule has 0 radical (unpaired) electrons. The van der Waals surface area contributed by atoms with Gasteiger partial charge in [0, 0.05) is 17.4 Å². The third-order valence-electron chi connectivity index (χ3n) is 2.53. The third kappa shape index (κ3) is 3.31. The van der Waals surface area contributed by atoms with Crippen molar-refractivity contribution in [2.45, 2.75) is 19.8 Å². The molecule has 0 aliphatic heterocycles. The minimum atomic E-state index is 0.650. The van der Waals surface area contributed by atoms with Crippen molar-refractivity contribution in [1.29, 1.82) is 0 Å². The van der Waals surface area contributed by atoms with Crippen molar-refractivity contribution in [2.75, 3.05) is 13.2 Å². The number of thiazole rings is 1. The highest BCUT2D eigenvalue weighted by Gasteiger charge is 2.04. The van der Waals surface area contributed by atoms with Gasteiger partial charge in [0.1, 0.15) is 5.75 Å². The third-order valence-corrected chi connectivity index (χ3v) is 3.44. The van der Waals surface area contributed by atoms with E-state index in [0.29, 0.717) is 6.54 Å². The summed E-state index contributed by atoms with van der Waals surface area (Å²) in [6.45, 7) is 3.51. The SMILES string of the molecule is CCCOc1ccc(-c2csc(CCN)n2)cc1. The Labute approximate surface area is 112 Å². The Morgan fingerprint density at radius 3 is 2.72 bits per heavy atom. The zero-order valence-corrected chi connectivity index (χ0v) is 11.4. The van der Waals surface area contributed by atoms with Crippen molar-refractivity contribution < 1.29 is 4.74 Å². The highest BCUT2D eigenvalue weighted by Crippen LogP contribution is 2.24. The molecule has 1 aromatic heterocycles. The second-order valence-electron chi connectivity index (χ2n) is 4.04. The first kappa shape index (κ1) is 13.1. The molecule has 0 saturated carbocycles. The monoisotopic (exact) mass is 262 g/mol. The average molecular weight is 262 g/mol. The lowest BCUT2D eigenvalue weighted by Crippen LogP contribution is -2.01. The van der Waals surface area contributed by atoms with E-state index in [4.69, 9.17) is 10.5 Å². The summed E-state index contributed by atoms with van der Waals surface area (Å²) in [6, 6.07) is 8.08. The second-order valence-corrected chi connectivity index (χ2v) is 4.98. The molecular weight excluding hydrogens is 244 g/mol. The average Bonchev–Trinajstić information content (AvgIpc) is 2.86. The van der Waals surface area contributed by atoms with Crippen molar-refractivity contribution in [1.82, 2.24) is 4.98 Å². The molecule has 2 rings (SSSR count). The van der Waals surface area contributed by atoms with E-state index in [9.17, 15) is 0 Å². The van der Waals surface area contributed by atoms with E-state index in [-0.39, 0.29) is 0 Å². The van der Waals surface area contributed by atoms with Crippen LogP contribution in [0, 0.1) is 0 Å². The van der Waals surface area contributed by atoms with Crippen molar-refractivity contribution in [3.63, 3.8) is 0 Å². The Morgan fingerprint density at radius 1 is 1.28 bits per heavy atom. The standard InChI is InChI=1S/C14H18N2OS/c1-2-9-17-12-5-3-11(4-6-12)13-10-18-14(16-13)7-8-15/h3-6,10H,2,7-9,15H2,1H3. The minimum Gasteiger partial charge on any atom is -0.494 e. The number of aromatic nitrogens is 1. The van der Waals surface area contributed by atoms with Crippen LogP contribution in [-0.4, -0.2) is 18.1 Å². The normalized spacial score (nSPS) is 10.6. The van der Waals surface area contributed by atoms with Gasteiger partial charge < -0.3 is 10.5 Å². The van der Waals surface area contributed by atoms with Crippen LogP contribution < -0.4 is 10.5 Å². The van der Waals surface area contributed by atoms with Gasteiger partial charge in [-0.1, -0.05) is 6.92 Å². The van der Waals surface area contributed by atoms with Gasteiger partial charge in [0.05, 0.1) is 17.3 Å². The molecule has 0 amide bonds. The van der Waals surface area contributed by atoms with Crippen molar-refractivity contribution >= 4 is 11.3 Å². The van der Waals surface area contributed by atoms with Crippen LogP contribution in [-0.2, 0) is 6.42 Å². The van der Waals surface area contributed by atoms with Crippen LogP contribution in [0.1, 0.15) is 18.4 Å². The van der Waals surface area contributed by atoms with E-state index in [1.165, 1.54) is 0 Å². The summed E-state index contributed by atoms with van der Waals surface area (Å²) < 4.78 is 5.56. The number of hydrogen-bond acceptors (Lipinski definition) is 4. The Morgan fingerprint density at radius 2 is 2.06 bits per heavy atom. The van der Waals surface area contributed by atoms with Crippen LogP contribution in [0.3, 0.4) is 0 Å². The molecule has 1 aromatic carbocycles. The van der Waals surface area contributed by atoms with Crippen molar-refractivity contribution in [3.8, 4) is 17.0 Å². The molecule has 0 fully saturated rings. The molecule has 2 aromatic rings. The topological polar surface area (TPSA) is 48.1 Å². The van der Waals surface area contributed by atoms with Gasteiger partial charge in [-0.2, -0.15) is 0 Å². The molecule has 96 valence electrons. The fraction of sp³-hybridized carbons (Fsp3) is 0.357. The number of rotatable bonds is 6. The predicted molar refractivity (Wildman–Crippen MR) is 76.1 cm³/mol. The van der Waals surface area contributed by atoms with Crippen molar-refractivity contribution in [2.24, 2.45) is 5.73 Å². The van der Waals surface area contributed by atoms with Gasteiger partial charge in [0.2, 0.25) is 0 Å². The summed E-state index contributed by atoms with van der Waals surface area (Å²) in [6.07, 6.45) is 1.87. The van der Waals surface area contributed by atoms with Crippen LogP contribution in [0.4, 0.5) is 0 Å². The quantitative estimate of drug-likeness (QED) is 0.870. The first-order valence-electron chi connectivity index (χ1n) is 6.21. The fourth-order valence-electron chi connectivity index (χ4n) is 1.62. The van der Waals surface area contributed by atoms with Gasteiger partial charge in [-0.15, -0.1) is 11.3 Å². The van der Waals surface area contributed by atoms with Crippen molar-refractivity contribution in [3.05, 3.63) is 34.7 Å². The number of nitrogens with zero attached hydrogens (tertiary/aromatic N) is 1. The second kappa shape index (κ2) is 6.52. The lowest BCUT2D eigenvalue weighted by atomic mass is 10.2. The molecule has 0 saturated heterocycles. The molecule has 0 bridgehead atoms. The van der Waals surface area contributed by atoms with Gasteiger partial charge in [0.25, 0.3) is 0 Å². The maximum Gasteiger partial charge on any atom is 0.119 e. The summed E-state index contributed by atoms with van der Waals surface area (Å²) >= 11 is 1.66. The molecule has 4 heteroatoms. The Balaban J connectivity index is 2.07. The maximum absolute atomic E-state index is 5.56. The van der Waals surface area contributed by atoms with E-state index in [1.807, 2.05) is 24.3 Å². The molecule has 0 aliphatic rings. The number of benzene rings is 1. The molecule has 1 heterocycles. The maximum atomic E-state index is 5.56. The Bertz CT molecular complexity index is 479. The van der Waals surface area contributed by atoms with Crippen LogP contribution in [0.2, 0.25) is 0 Å². The summed E-state index contributed by atoms with van der Waals surface area (Å²) in [5.41, 5.74) is 7.67. The van der Waals surface area contributed by atoms with Crippen LogP contribution >= 0.6 is 11.3 Å². The Hall–Kier alpha value is -1.39. The molecule has 3 nitrogen and oxygen atoms in total. The van der Waals surface area contributed by atoms with Gasteiger partial charge in [0.15, 0.2) is 0 Å². The lowest BCUT2D eigenvalue weighted by Gasteiger charge is -2.04. The smallest absolute Gasteiger partial charge is 0.119 e. The summed E-state index contributed by atoms with van der Waals surface area (Å²) in [5.74, 6) is 0.915. The number of hydrogen-bond donors (Lipinski definition) is 1. The highest BCUT2D eigenvalue weighted by atomic mass is 32.1. The van der Waals surface area contributed by atoms with Gasteiger partial charge >= 0.3 is 0 Å². The molecule has 0 spiro atoms.